The maximum absolute atomic E-state index is 5.21. The fraction of sp³-hybridized carbons (Fsp3) is 0.238. The lowest BCUT2D eigenvalue weighted by Crippen LogP contribution is -2.25. The molecule has 1 aliphatic rings. The first-order valence-corrected chi connectivity index (χ1v) is 8.78. The van der Waals surface area contributed by atoms with Crippen LogP contribution in [-0.4, -0.2) is 23.1 Å². The van der Waals surface area contributed by atoms with E-state index in [9.17, 15) is 0 Å². The summed E-state index contributed by atoms with van der Waals surface area (Å²) in [5, 5.41) is 3.37. The third-order valence-electron chi connectivity index (χ3n) is 4.64. The van der Waals surface area contributed by atoms with E-state index in [4.69, 9.17) is 4.74 Å². The van der Waals surface area contributed by atoms with E-state index in [0.29, 0.717) is 6.04 Å². The molecule has 2 aromatic carbocycles. The second-order valence-electron chi connectivity index (χ2n) is 6.56. The Balaban J connectivity index is 1.66. The number of fused-ring (bicyclic) bond motifs is 1. The smallest absolute Gasteiger partial charge is 0.139 e. The quantitative estimate of drug-likeness (QED) is 0.747. The molecule has 132 valence electrons. The number of methoxy groups -OCH3 is 1. The van der Waals surface area contributed by atoms with Gasteiger partial charge in [-0.3, -0.25) is 0 Å². The van der Waals surface area contributed by atoms with Crippen molar-refractivity contribution in [2.24, 2.45) is 0 Å². The van der Waals surface area contributed by atoms with Gasteiger partial charge in [0.05, 0.1) is 7.11 Å². The SMILES string of the molecule is COc1ccc(Nc2cc(N3c4ccccc4CC3C)nc(C)n2)cc1. The van der Waals surface area contributed by atoms with Gasteiger partial charge >= 0.3 is 0 Å². The van der Waals surface area contributed by atoms with Gasteiger partial charge in [-0.25, -0.2) is 9.97 Å². The molecule has 0 spiro atoms. The molecule has 0 amide bonds. The minimum Gasteiger partial charge on any atom is -0.497 e. The molecule has 2 heterocycles. The third-order valence-corrected chi connectivity index (χ3v) is 4.64. The number of hydrogen-bond acceptors (Lipinski definition) is 5. The van der Waals surface area contributed by atoms with Crippen LogP contribution in [0.2, 0.25) is 0 Å². The highest BCUT2D eigenvalue weighted by Crippen LogP contribution is 2.37. The van der Waals surface area contributed by atoms with E-state index in [-0.39, 0.29) is 0 Å². The molecule has 0 saturated heterocycles. The summed E-state index contributed by atoms with van der Waals surface area (Å²) in [6.07, 6.45) is 1.03. The van der Waals surface area contributed by atoms with Crippen molar-refractivity contribution in [1.29, 1.82) is 0 Å². The van der Waals surface area contributed by atoms with Crippen molar-refractivity contribution in [3.63, 3.8) is 0 Å². The lowest BCUT2D eigenvalue weighted by atomic mass is 10.1. The Labute approximate surface area is 153 Å². The third kappa shape index (κ3) is 3.08. The van der Waals surface area contributed by atoms with Crippen LogP contribution in [0.3, 0.4) is 0 Å². The molecular weight excluding hydrogens is 324 g/mol. The van der Waals surface area contributed by atoms with Crippen molar-refractivity contribution in [3.05, 3.63) is 66.0 Å². The molecule has 5 heteroatoms. The lowest BCUT2D eigenvalue weighted by molar-refractivity contribution is 0.415. The number of anilines is 4. The molecule has 1 aromatic heterocycles. The average Bonchev–Trinajstić information content (AvgIpc) is 2.97. The van der Waals surface area contributed by atoms with Crippen LogP contribution in [0.4, 0.5) is 23.0 Å². The van der Waals surface area contributed by atoms with Crippen molar-refractivity contribution in [3.8, 4) is 5.75 Å². The summed E-state index contributed by atoms with van der Waals surface area (Å²) in [5.74, 6) is 3.29. The first-order valence-electron chi connectivity index (χ1n) is 8.78. The summed E-state index contributed by atoms with van der Waals surface area (Å²) in [6, 6.07) is 18.7. The van der Waals surface area contributed by atoms with E-state index in [1.165, 1.54) is 11.3 Å². The highest BCUT2D eigenvalue weighted by atomic mass is 16.5. The van der Waals surface area contributed by atoms with E-state index >= 15 is 0 Å². The summed E-state index contributed by atoms with van der Waals surface area (Å²) in [7, 11) is 1.66. The standard InChI is InChI=1S/C21H22N4O/c1-14-12-16-6-4-5-7-19(16)25(14)21-13-20(22-15(2)23-21)24-17-8-10-18(26-3)11-9-17/h4-11,13-14H,12H2,1-3H3,(H,22,23,24). The molecule has 0 radical (unpaired) electrons. The highest BCUT2D eigenvalue weighted by Gasteiger charge is 2.28. The number of aryl methyl sites for hydroxylation is 1. The maximum atomic E-state index is 5.21. The first-order chi connectivity index (χ1) is 12.6. The normalized spacial score (nSPS) is 15.7. The highest BCUT2D eigenvalue weighted by molar-refractivity contribution is 5.71. The summed E-state index contributed by atoms with van der Waals surface area (Å²) in [6.45, 7) is 4.16. The first kappa shape index (κ1) is 16.4. The van der Waals surface area contributed by atoms with Gasteiger partial charge in [0.2, 0.25) is 0 Å². The Bertz CT molecular complexity index is 924. The minimum atomic E-state index is 0.371. The molecule has 3 aromatic rings. The molecule has 1 aliphatic heterocycles. The molecule has 1 N–H and O–H groups in total. The summed E-state index contributed by atoms with van der Waals surface area (Å²) in [4.78, 5) is 11.5. The Morgan fingerprint density at radius 3 is 2.62 bits per heavy atom. The number of nitrogens with one attached hydrogen (secondary N) is 1. The van der Waals surface area contributed by atoms with Crippen molar-refractivity contribution in [1.82, 2.24) is 9.97 Å². The summed E-state index contributed by atoms with van der Waals surface area (Å²) < 4.78 is 5.21. The number of rotatable bonds is 4. The predicted molar refractivity (Wildman–Crippen MR) is 105 cm³/mol. The number of benzene rings is 2. The van der Waals surface area contributed by atoms with E-state index in [1.54, 1.807) is 7.11 Å². The van der Waals surface area contributed by atoms with Crippen LogP contribution in [0.15, 0.2) is 54.6 Å². The zero-order chi connectivity index (χ0) is 18.1. The molecule has 1 unspecified atom stereocenters. The van der Waals surface area contributed by atoms with Gasteiger partial charge in [0.15, 0.2) is 0 Å². The Morgan fingerprint density at radius 2 is 1.85 bits per heavy atom. The second kappa shape index (κ2) is 6.67. The van der Waals surface area contributed by atoms with E-state index in [2.05, 4.69) is 51.4 Å². The average molecular weight is 346 g/mol. The van der Waals surface area contributed by atoms with Gasteiger partial charge in [-0.1, -0.05) is 18.2 Å². The summed E-state index contributed by atoms with van der Waals surface area (Å²) in [5.41, 5.74) is 3.55. The molecule has 0 bridgehead atoms. The van der Waals surface area contributed by atoms with Crippen molar-refractivity contribution >= 4 is 23.0 Å². The molecule has 26 heavy (non-hydrogen) atoms. The summed E-state index contributed by atoms with van der Waals surface area (Å²) >= 11 is 0. The van der Waals surface area contributed by atoms with Crippen molar-refractivity contribution < 1.29 is 4.74 Å². The topological polar surface area (TPSA) is 50.3 Å². The Morgan fingerprint density at radius 1 is 1.08 bits per heavy atom. The number of aromatic nitrogens is 2. The molecule has 0 saturated carbocycles. The van der Waals surface area contributed by atoms with Gasteiger partial charge in [0.1, 0.15) is 23.2 Å². The van der Waals surface area contributed by atoms with Crippen LogP contribution >= 0.6 is 0 Å². The van der Waals surface area contributed by atoms with E-state index in [0.717, 1.165) is 35.3 Å². The van der Waals surface area contributed by atoms with Crippen molar-refractivity contribution in [2.45, 2.75) is 26.3 Å². The van der Waals surface area contributed by atoms with Gasteiger partial charge in [-0.15, -0.1) is 0 Å². The van der Waals surface area contributed by atoms with Crippen LogP contribution < -0.4 is 15.0 Å². The largest absolute Gasteiger partial charge is 0.497 e. The van der Waals surface area contributed by atoms with E-state index < -0.39 is 0 Å². The van der Waals surface area contributed by atoms with Gasteiger partial charge in [0, 0.05) is 23.5 Å². The van der Waals surface area contributed by atoms with Crippen LogP contribution in [-0.2, 0) is 6.42 Å². The molecule has 4 rings (SSSR count). The van der Waals surface area contributed by atoms with Crippen LogP contribution in [0.25, 0.3) is 0 Å². The van der Waals surface area contributed by atoms with Crippen LogP contribution in [0.5, 0.6) is 5.75 Å². The molecule has 0 aliphatic carbocycles. The van der Waals surface area contributed by atoms with Crippen LogP contribution in [0.1, 0.15) is 18.3 Å². The number of ether oxygens (including phenoxy) is 1. The second-order valence-corrected chi connectivity index (χ2v) is 6.56. The zero-order valence-corrected chi connectivity index (χ0v) is 15.2. The fourth-order valence-corrected chi connectivity index (χ4v) is 3.48. The predicted octanol–water partition coefficient (Wildman–Crippen LogP) is 4.62. The van der Waals surface area contributed by atoms with Gasteiger partial charge < -0.3 is 15.0 Å². The zero-order valence-electron chi connectivity index (χ0n) is 15.2. The minimum absolute atomic E-state index is 0.371. The van der Waals surface area contributed by atoms with Crippen LogP contribution in [0, 0.1) is 6.92 Å². The maximum Gasteiger partial charge on any atom is 0.139 e. The van der Waals surface area contributed by atoms with E-state index in [1.807, 2.05) is 37.3 Å². The fourth-order valence-electron chi connectivity index (χ4n) is 3.48. The van der Waals surface area contributed by atoms with Gasteiger partial charge in [0.25, 0.3) is 0 Å². The van der Waals surface area contributed by atoms with Gasteiger partial charge in [-0.2, -0.15) is 0 Å². The molecular formula is C21H22N4O. The number of hydrogen-bond donors (Lipinski definition) is 1. The number of nitrogens with zero attached hydrogens (tertiary/aromatic N) is 3. The molecule has 0 fully saturated rings. The monoisotopic (exact) mass is 346 g/mol. The van der Waals surface area contributed by atoms with Gasteiger partial charge in [-0.05, 0) is 56.2 Å². The molecule has 5 nitrogen and oxygen atoms in total. The Kier molecular flexibility index (Phi) is 4.21. The molecule has 1 atom stereocenters. The Hall–Kier alpha value is -3.08. The number of para-hydroxylation sites is 1. The van der Waals surface area contributed by atoms with Crippen molar-refractivity contribution in [2.75, 3.05) is 17.3 Å². The lowest BCUT2D eigenvalue weighted by Gasteiger charge is -2.24.